The summed E-state index contributed by atoms with van der Waals surface area (Å²) in [5, 5.41) is 2.86. The van der Waals surface area contributed by atoms with E-state index in [0.29, 0.717) is 31.3 Å². The van der Waals surface area contributed by atoms with Crippen LogP contribution >= 0.6 is 12.2 Å². The van der Waals surface area contributed by atoms with E-state index < -0.39 is 0 Å². The van der Waals surface area contributed by atoms with E-state index >= 15 is 0 Å². The smallest absolute Gasteiger partial charge is 0.283 e. The largest absolute Gasteiger partial charge is 0.378 e. The minimum Gasteiger partial charge on any atom is -0.378 e. The summed E-state index contributed by atoms with van der Waals surface area (Å²) >= 11 is 5.26. The molecule has 118 valence electrons. The van der Waals surface area contributed by atoms with Crippen LogP contribution in [0.15, 0.2) is 54.6 Å². The molecule has 3 rings (SSSR count). The molecule has 1 amide bonds. The molecule has 0 aliphatic carbocycles. The Morgan fingerprint density at radius 1 is 0.957 bits per heavy atom. The Hall–Kier alpha value is -2.24. The van der Waals surface area contributed by atoms with Crippen LogP contribution in [-0.2, 0) is 9.53 Å². The van der Waals surface area contributed by atoms with E-state index in [0.717, 1.165) is 16.8 Å². The van der Waals surface area contributed by atoms with Crippen LogP contribution in [0.2, 0.25) is 0 Å². The monoisotopic (exact) mass is 326 g/mol. The molecule has 0 unspecified atom stereocenters. The number of morpholine rings is 1. The lowest BCUT2D eigenvalue weighted by Crippen LogP contribution is -2.44. The normalized spacial score (nSPS) is 14.3. The van der Waals surface area contributed by atoms with Crippen molar-refractivity contribution in [1.82, 2.24) is 4.90 Å². The lowest BCUT2D eigenvalue weighted by atomic mass is 10.1. The molecule has 2 aromatic carbocycles. The first kappa shape index (κ1) is 15.6. The molecule has 1 heterocycles. The van der Waals surface area contributed by atoms with Crippen molar-refractivity contribution in [2.75, 3.05) is 31.6 Å². The van der Waals surface area contributed by atoms with Crippen LogP contribution in [0.25, 0.3) is 11.1 Å². The third kappa shape index (κ3) is 3.94. The van der Waals surface area contributed by atoms with E-state index in [-0.39, 0.29) is 5.91 Å². The summed E-state index contributed by atoms with van der Waals surface area (Å²) in [5.74, 6) is -0.241. The van der Waals surface area contributed by atoms with Gasteiger partial charge >= 0.3 is 0 Å². The summed E-state index contributed by atoms with van der Waals surface area (Å²) in [7, 11) is 0. The minimum absolute atomic E-state index is 0.241. The first-order valence-corrected chi connectivity index (χ1v) is 7.98. The van der Waals surface area contributed by atoms with Gasteiger partial charge < -0.3 is 15.0 Å². The average Bonchev–Trinajstić information content (AvgIpc) is 2.63. The fraction of sp³-hybridized carbons (Fsp3) is 0.222. The van der Waals surface area contributed by atoms with E-state index in [1.807, 2.05) is 47.4 Å². The van der Waals surface area contributed by atoms with E-state index in [2.05, 4.69) is 17.4 Å². The first-order valence-electron chi connectivity index (χ1n) is 7.57. The first-order chi connectivity index (χ1) is 11.2. The second-order valence-electron chi connectivity index (χ2n) is 5.30. The molecule has 23 heavy (non-hydrogen) atoms. The van der Waals surface area contributed by atoms with Gasteiger partial charge in [-0.15, -0.1) is 0 Å². The second-order valence-corrected chi connectivity index (χ2v) is 5.69. The highest BCUT2D eigenvalue weighted by atomic mass is 32.1. The molecule has 1 saturated heterocycles. The Balaban J connectivity index is 1.63. The zero-order valence-electron chi connectivity index (χ0n) is 12.7. The van der Waals surface area contributed by atoms with Gasteiger partial charge in [0.15, 0.2) is 4.99 Å². The Morgan fingerprint density at radius 3 is 2.22 bits per heavy atom. The molecule has 0 radical (unpaired) electrons. The average molecular weight is 326 g/mol. The molecule has 1 aliphatic rings. The van der Waals surface area contributed by atoms with Crippen molar-refractivity contribution >= 4 is 28.8 Å². The lowest BCUT2D eigenvalue weighted by Gasteiger charge is -2.28. The van der Waals surface area contributed by atoms with Crippen LogP contribution in [0, 0.1) is 0 Å². The van der Waals surface area contributed by atoms with Gasteiger partial charge in [-0.25, -0.2) is 0 Å². The lowest BCUT2D eigenvalue weighted by molar-refractivity contribution is -0.111. The van der Waals surface area contributed by atoms with Gasteiger partial charge in [0, 0.05) is 18.8 Å². The molecule has 2 aromatic rings. The van der Waals surface area contributed by atoms with Crippen LogP contribution in [0.4, 0.5) is 5.69 Å². The van der Waals surface area contributed by atoms with Gasteiger partial charge in [0.2, 0.25) is 0 Å². The molecule has 1 fully saturated rings. The van der Waals surface area contributed by atoms with Gasteiger partial charge in [-0.2, -0.15) is 0 Å². The number of ether oxygens (including phenoxy) is 1. The Bertz CT molecular complexity index is 680. The summed E-state index contributed by atoms with van der Waals surface area (Å²) in [6.45, 7) is 2.55. The number of amides is 1. The maximum Gasteiger partial charge on any atom is 0.283 e. The molecule has 0 aromatic heterocycles. The number of thiocarbonyl (C=S) groups is 1. The number of benzene rings is 2. The number of nitrogens with zero attached hydrogens (tertiary/aromatic N) is 1. The second kappa shape index (κ2) is 7.35. The molecule has 4 nitrogen and oxygen atoms in total. The van der Waals surface area contributed by atoms with Gasteiger partial charge in [0.05, 0.1) is 13.2 Å². The topological polar surface area (TPSA) is 41.6 Å². The van der Waals surface area contributed by atoms with Crippen LogP contribution in [-0.4, -0.2) is 42.1 Å². The standard InChI is InChI=1S/C18H18N2O2S/c21-17(18(23)20-10-12-22-13-11-20)19-16-8-6-15(7-9-16)14-4-2-1-3-5-14/h1-9H,10-13H2,(H,19,21). The molecule has 0 atom stereocenters. The third-order valence-corrected chi connectivity index (χ3v) is 4.19. The highest BCUT2D eigenvalue weighted by Gasteiger charge is 2.19. The zero-order chi connectivity index (χ0) is 16.1. The third-order valence-electron chi connectivity index (χ3n) is 3.74. The van der Waals surface area contributed by atoms with E-state index in [1.54, 1.807) is 0 Å². The number of carbonyl (C=O) groups excluding carboxylic acids is 1. The van der Waals surface area contributed by atoms with Crippen LogP contribution in [0.3, 0.4) is 0 Å². The SMILES string of the molecule is O=C(Nc1ccc(-c2ccccc2)cc1)C(=S)N1CCOCC1. The van der Waals surface area contributed by atoms with Crippen molar-refractivity contribution in [2.45, 2.75) is 0 Å². The fourth-order valence-corrected chi connectivity index (χ4v) is 2.70. The van der Waals surface area contributed by atoms with Gasteiger partial charge in [-0.1, -0.05) is 54.7 Å². The molecule has 0 spiro atoms. The molecule has 5 heteroatoms. The van der Waals surface area contributed by atoms with Crippen molar-refractivity contribution in [3.63, 3.8) is 0 Å². The number of nitrogens with one attached hydrogen (secondary N) is 1. The van der Waals surface area contributed by atoms with Crippen LogP contribution < -0.4 is 5.32 Å². The molecule has 0 bridgehead atoms. The zero-order valence-corrected chi connectivity index (χ0v) is 13.5. The van der Waals surface area contributed by atoms with Crippen molar-refractivity contribution in [1.29, 1.82) is 0 Å². The van der Waals surface area contributed by atoms with Gasteiger partial charge in [-0.05, 0) is 23.3 Å². The number of hydrogen-bond acceptors (Lipinski definition) is 3. The number of carbonyl (C=O) groups is 1. The minimum atomic E-state index is -0.241. The van der Waals surface area contributed by atoms with Gasteiger partial charge in [-0.3, -0.25) is 4.79 Å². The van der Waals surface area contributed by atoms with Gasteiger partial charge in [0.25, 0.3) is 5.91 Å². The highest BCUT2D eigenvalue weighted by molar-refractivity contribution is 7.82. The maximum atomic E-state index is 12.2. The number of anilines is 1. The van der Waals surface area contributed by atoms with Gasteiger partial charge in [0.1, 0.15) is 0 Å². The van der Waals surface area contributed by atoms with Crippen LogP contribution in [0.1, 0.15) is 0 Å². The van der Waals surface area contributed by atoms with E-state index in [9.17, 15) is 4.79 Å². The Kier molecular flexibility index (Phi) is 5.00. The van der Waals surface area contributed by atoms with E-state index in [1.165, 1.54) is 0 Å². The predicted octanol–water partition coefficient (Wildman–Crippen LogP) is 2.95. The predicted molar refractivity (Wildman–Crippen MR) is 95.5 cm³/mol. The number of hydrogen-bond donors (Lipinski definition) is 1. The summed E-state index contributed by atoms with van der Waals surface area (Å²) < 4.78 is 5.27. The molecular weight excluding hydrogens is 308 g/mol. The maximum absolute atomic E-state index is 12.2. The van der Waals surface area contributed by atoms with E-state index in [4.69, 9.17) is 17.0 Å². The van der Waals surface area contributed by atoms with Crippen molar-refractivity contribution in [3.05, 3.63) is 54.6 Å². The molecule has 1 aliphatic heterocycles. The molecular formula is C18H18N2O2S. The molecule has 1 N–H and O–H groups in total. The summed E-state index contributed by atoms with van der Waals surface area (Å²) in [6.07, 6.45) is 0. The Morgan fingerprint density at radius 2 is 1.57 bits per heavy atom. The molecule has 0 saturated carbocycles. The van der Waals surface area contributed by atoms with Crippen molar-refractivity contribution in [2.24, 2.45) is 0 Å². The fourth-order valence-electron chi connectivity index (χ4n) is 2.47. The Labute approximate surface area is 141 Å². The van der Waals surface area contributed by atoms with Crippen LogP contribution in [0.5, 0.6) is 0 Å². The highest BCUT2D eigenvalue weighted by Crippen LogP contribution is 2.21. The van der Waals surface area contributed by atoms with Crippen molar-refractivity contribution in [3.8, 4) is 11.1 Å². The summed E-state index contributed by atoms with van der Waals surface area (Å²) in [4.78, 5) is 14.4. The number of rotatable bonds is 2. The quantitative estimate of drug-likeness (QED) is 0.862. The van der Waals surface area contributed by atoms with Crippen molar-refractivity contribution < 1.29 is 9.53 Å². The summed E-state index contributed by atoms with van der Waals surface area (Å²) in [5.41, 5.74) is 3.00. The summed E-state index contributed by atoms with van der Waals surface area (Å²) in [6, 6.07) is 17.9.